The van der Waals surface area contributed by atoms with E-state index in [-0.39, 0.29) is 0 Å². The van der Waals surface area contributed by atoms with Gasteiger partial charge in [0.15, 0.2) is 0 Å². The van der Waals surface area contributed by atoms with Gasteiger partial charge in [0.25, 0.3) is 0 Å². The first-order valence-electron chi connectivity index (χ1n) is 5.59. The standard InChI is InChI=1S/C13H19N/c1-3-14-9-8-12(10-14)13-7-5-4-6-11(13)2/h4-7,12H,3,8-10H2,1-2H3. The Hall–Kier alpha value is -0.820. The van der Waals surface area contributed by atoms with Gasteiger partial charge in [-0.25, -0.2) is 0 Å². The van der Waals surface area contributed by atoms with E-state index in [9.17, 15) is 0 Å². The highest BCUT2D eigenvalue weighted by Crippen LogP contribution is 2.28. The zero-order valence-corrected chi connectivity index (χ0v) is 9.16. The van der Waals surface area contributed by atoms with Crippen molar-refractivity contribution in [2.75, 3.05) is 19.6 Å². The molecule has 1 aliphatic heterocycles. The predicted octanol–water partition coefficient (Wildman–Crippen LogP) is 2.80. The van der Waals surface area contributed by atoms with Crippen molar-refractivity contribution in [2.24, 2.45) is 0 Å². The molecular weight excluding hydrogens is 170 g/mol. The van der Waals surface area contributed by atoms with Crippen LogP contribution in [0.3, 0.4) is 0 Å². The largest absolute Gasteiger partial charge is 0.303 e. The molecule has 0 N–H and O–H groups in total. The van der Waals surface area contributed by atoms with Crippen molar-refractivity contribution in [3.8, 4) is 0 Å². The minimum absolute atomic E-state index is 0.774. The SMILES string of the molecule is CCN1CCC(c2ccccc2C)C1. The number of aryl methyl sites for hydroxylation is 1. The lowest BCUT2D eigenvalue weighted by atomic mass is 9.94. The molecule has 0 saturated carbocycles. The smallest absolute Gasteiger partial charge is 0.00507 e. The fourth-order valence-corrected chi connectivity index (χ4v) is 2.42. The van der Waals surface area contributed by atoms with Crippen molar-refractivity contribution >= 4 is 0 Å². The van der Waals surface area contributed by atoms with Gasteiger partial charge in [-0.2, -0.15) is 0 Å². The van der Waals surface area contributed by atoms with Crippen LogP contribution < -0.4 is 0 Å². The van der Waals surface area contributed by atoms with Crippen LogP contribution in [0.25, 0.3) is 0 Å². The van der Waals surface area contributed by atoms with E-state index >= 15 is 0 Å². The Labute approximate surface area is 86.7 Å². The molecule has 1 heterocycles. The molecule has 0 spiro atoms. The van der Waals surface area contributed by atoms with E-state index in [0.717, 1.165) is 5.92 Å². The van der Waals surface area contributed by atoms with Crippen LogP contribution in [0, 0.1) is 6.92 Å². The zero-order valence-electron chi connectivity index (χ0n) is 9.16. The average molecular weight is 189 g/mol. The quantitative estimate of drug-likeness (QED) is 0.691. The number of likely N-dealkylation sites (tertiary alicyclic amines) is 1. The summed E-state index contributed by atoms with van der Waals surface area (Å²) in [5, 5.41) is 0. The van der Waals surface area contributed by atoms with Gasteiger partial charge in [0, 0.05) is 6.54 Å². The normalized spacial score (nSPS) is 22.9. The molecule has 0 amide bonds. The first kappa shape index (κ1) is 9.72. The van der Waals surface area contributed by atoms with E-state index in [1.54, 1.807) is 5.56 Å². The molecule has 1 aliphatic rings. The Balaban J connectivity index is 2.13. The summed E-state index contributed by atoms with van der Waals surface area (Å²) in [6, 6.07) is 8.81. The summed E-state index contributed by atoms with van der Waals surface area (Å²) in [5.41, 5.74) is 3.01. The van der Waals surface area contributed by atoms with Gasteiger partial charge >= 0.3 is 0 Å². The molecule has 76 valence electrons. The van der Waals surface area contributed by atoms with Crippen LogP contribution in [0.2, 0.25) is 0 Å². The van der Waals surface area contributed by atoms with Crippen LogP contribution in [0.15, 0.2) is 24.3 Å². The van der Waals surface area contributed by atoms with E-state index in [1.165, 1.54) is 31.6 Å². The Morgan fingerprint density at radius 2 is 2.14 bits per heavy atom. The molecule has 1 aromatic rings. The maximum absolute atomic E-state index is 2.54. The van der Waals surface area contributed by atoms with Crippen molar-refractivity contribution in [1.29, 1.82) is 0 Å². The van der Waals surface area contributed by atoms with Gasteiger partial charge in [-0.1, -0.05) is 31.2 Å². The van der Waals surface area contributed by atoms with Crippen LogP contribution in [0.1, 0.15) is 30.4 Å². The highest BCUT2D eigenvalue weighted by Gasteiger charge is 2.23. The number of hydrogen-bond donors (Lipinski definition) is 0. The molecule has 0 aromatic heterocycles. The van der Waals surface area contributed by atoms with Crippen LogP contribution >= 0.6 is 0 Å². The van der Waals surface area contributed by atoms with Gasteiger partial charge in [0.2, 0.25) is 0 Å². The molecule has 0 bridgehead atoms. The molecule has 2 rings (SSSR count). The second-order valence-corrected chi connectivity index (χ2v) is 4.24. The van der Waals surface area contributed by atoms with Gasteiger partial charge in [-0.3, -0.25) is 0 Å². The summed E-state index contributed by atoms with van der Waals surface area (Å²) in [6.45, 7) is 8.20. The molecule has 0 radical (unpaired) electrons. The minimum Gasteiger partial charge on any atom is -0.303 e. The summed E-state index contributed by atoms with van der Waals surface area (Å²) in [5.74, 6) is 0.774. The summed E-state index contributed by atoms with van der Waals surface area (Å²) >= 11 is 0. The summed E-state index contributed by atoms with van der Waals surface area (Å²) in [6.07, 6.45) is 1.33. The molecule has 1 saturated heterocycles. The molecule has 1 unspecified atom stereocenters. The number of likely N-dealkylation sites (N-methyl/N-ethyl adjacent to an activating group) is 1. The van der Waals surface area contributed by atoms with Crippen molar-refractivity contribution < 1.29 is 0 Å². The lowest BCUT2D eigenvalue weighted by molar-refractivity contribution is 0.354. The number of rotatable bonds is 2. The molecule has 14 heavy (non-hydrogen) atoms. The lowest BCUT2D eigenvalue weighted by Gasteiger charge is -2.15. The third-order valence-corrected chi connectivity index (χ3v) is 3.35. The first-order chi connectivity index (χ1) is 6.81. The van der Waals surface area contributed by atoms with Crippen LogP contribution in [-0.2, 0) is 0 Å². The number of nitrogens with zero attached hydrogens (tertiary/aromatic N) is 1. The van der Waals surface area contributed by atoms with E-state index < -0.39 is 0 Å². The van der Waals surface area contributed by atoms with Crippen molar-refractivity contribution in [3.05, 3.63) is 35.4 Å². The highest BCUT2D eigenvalue weighted by molar-refractivity contribution is 5.30. The van der Waals surface area contributed by atoms with Crippen molar-refractivity contribution in [3.63, 3.8) is 0 Å². The monoisotopic (exact) mass is 189 g/mol. The van der Waals surface area contributed by atoms with E-state index in [0.29, 0.717) is 0 Å². The number of benzene rings is 1. The second-order valence-electron chi connectivity index (χ2n) is 4.24. The fraction of sp³-hybridized carbons (Fsp3) is 0.538. The minimum atomic E-state index is 0.774. The molecule has 1 nitrogen and oxygen atoms in total. The van der Waals surface area contributed by atoms with Gasteiger partial charge in [-0.15, -0.1) is 0 Å². The van der Waals surface area contributed by atoms with E-state index in [4.69, 9.17) is 0 Å². The molecule has 1 fully saturated rings. The Kier molecular flexibility index (Phi) is 2.87. The van der Waals surface area contributed by atoms with Crippen molar-refractivity contribution in [2.45, 2.75) is 26.2 Å². The molecule has 1 atom stereocenters. The van der Waals surface area contributed by atoms with E-state index in [1.807, 2.05) is 0 Å². The van der Waals surface area contributed by atoms with Gasteiger partial charge < -0.3 is 4.90 Å². The van der Waals surface area contributed by atoms with Crippen LogP contribution in [0.4, 0.5) is 0 Å². The summed E-state index contributed by atoms with van der Waals surface area (Å²) in [4.78, 5) is 2.54. The molecular formula is C13H19N. The third kappa shape index (κ3) is 1.83. The van der Waals surface area contributed by atoms with Gasteiger partial charge in [0.1, 0.15) is 0 Å². The topological polar surface area (TPSA) is 3.24 Å². The van der Waals surface area contributed by atoms with E-state index in [2.05, 4.69) is 43.0 Å². The molecule has 1 aromatic carbocycles. The highest BCUT2D eigenvalue weighted by atomic mass is 15.1. The molecule has 1 heteroatoms. The zero-order chi connectivity index (χ0) is 9.97. The van der Waals surface area contributed by atoms with Crippen molar-refractivity contribution in [1.82, 2.24) is 4.90 Å². The summed E-state index contributed by atoms with van der Waals surface area (Å²) < 4.78 is 0. The Morgan fingerprint density at radius 1 is 1.36 bits per heavy atom. The maximum Gasteiger partial charge on any atom is 0.00507 e. The Morgan fingerprint density at radius 3 is 2.79 bits per heavy atom. The van der Waals surface area contributed by atoms with Gasteiger partial charge in [-0.05, 0) is 43.5 Å². The fourth-order valence-electron chi connectivity index (χ4n) is 2.42. The predicted molar refractivity (Wildman–Crippen MR) is 60.7 cm³/mol. The molecule has 0 aliphatic carbocycles. The Bertz CT molecular complexity index is 306. The van der Waals surface area contributed by atoms with Crippen LogP contribution in [0.5, 0.6) is 0 Å². The second kappa shape index (κ2) is 4.14. The maximum atomic E-state index is 2.54. The third-order valence-electron chi connectivity index (χ3n) is 3.35. The summed E-state index contributed by atoms with van der Waals surface area (Å²) in [7, 11) is 0. The average Bonchev–Trinajstić information content (AvgIpc) is 2.67. The first-order valence-corrected chi connectivity index (χ1v) is 5.59. The lowest BCUT2D eigenvalue weighted by Crippen LogP contribution is -2.19. The number of hydrogen-bond acceptors (Lipinski definition) is 1. The van der Waals surface area contributed by atoms with Gasteiger partial charge in [0.05, 0.1) is 0 Å². The van der Waals surface area contributed by atoms with Crippen LogP contribution in [-0.4, -0.2) is 24.5 Å².